The Morgan fingerprint density at radius 2 is 1.78 bits per heavy atom. The van der Waals surface area contributed by atoms with Gasteiger partial charge in [-0.15, -0.1) is 0 Å². The van der Waals surface area contributed by atoms with Gasteiger partial charge < -0.3 is 9.84 Å². The lowest BCUT2D eigenvalue weighted by atomic mass is 10.1. The number of benzene rings is 3. The lowest BCUT2D eigenvalue weighted by Crippen LogP contribution is -2.54. The quantitative estimate of drug-likeness (QED) is 0.181. The number of amides is 2. The fraction of sp³-hybridized carbons (Fsp3) is 0.0400. The average Bonchev–Trinajstić information content (AvgIpc) is 2.84. The third-order valence-corrected chi connectivity index (χ3v) is 7.15. The third kappa shape index (κ3) is 5.81. The molecule has 1 aliphatic heterocycles. The van der Waals surface area contributed by atoms with Gasteiger partial charge in [0.2, 0.25) is 0 Å². The standard InChI is InChI=1S/C25H14BrCl3N2O5S/c26-16-9-13(10-18(28)21(16)36-11-12-4-6-14(7-5-12)24(34)35)8-15-22(32)30-25(37)31(23(15)33)19-3-1-2-17(27)20(19)29/h1-10H,11H2,(H,34,35)(H,30,32,37)/b15-8+. The van der Waals surface area contributed by atoms with Crippen LogP contribution in [-0.4, -0.2) is 28.0 Å². The zero-order valence-corrected chi connectivity index (χ0v) is 23.1. The maximum absolute atomic E-state index is 13.3. The van der Waals surface area contributed by atoms with Crippen LogP contribution in [-0.2, 0) is 16.2 Å². The Morgan fingerprint density at radius 3 is 2.43 bits per heavy atom. The van der Waals surface area contributed by atoms with Crippen LogP contribution in [0.3, 0.4) is 0 Å². The number of thiocarbonyl (C=S) groups is 1. The molecule has 0 aliphatic carbocycles. The number of nitrogens with one attached hydrogen (secondary N) is 1. The molecule has 4 rings (SSSR count). The highest BCUT2D eigenvalue weighted by atomic mass is 79.9. The van der Waals surface area contributed by atoms with E-state index in [0.29, 0.717) is 15.8 Å². The number of aromatic carboxylic acids is 1. The van der Waals surface area contributed by atoms with Crippen molar-refractivity contribution in [3.05, 3.63) is 96.4 Å². The van der Waals surface area contributed by atoms with Gasteiger partial charge in [-0.2, -0.15) is 0 Å². The van der Waals surface area contributed by atoms with Crippen LogP contribution in [0.1, 0.15) is 21.5 Å². The molecule has 1 fully saturated rings. The van der Waals surface area contributed by atoms with Crippen LogP contribution >= 0.6 is 63.0 Å². The van der Waals surface area contributed by atoms with Crippen molar-refractivity contribution in [2.45, 2.75) is 6.61 Å². The van der Waals surface area contributed by atoms with Gasteiger partial charge in [0.05, 0.1) is 30.8 Å². The topological polar surface area (TPSA) is 95.9 Å². The van der Waals surface area contributed by atoms with Crippen molar-refractivity contribution in [3.8, 4) is 5.75 Å². The summed E-state index contributed by atoms with van der Waals surface area (Å²) >= 11 is 27.4. The van der Waals surface area contributed by atoms with Crippen molar-refractivity contribution < 1.29 is 24.2 Å². The van der Waals surface area contributed by atoms with Crippen LogP contribution in [0.15, 0.2) is 64.6 Å². The molecular formula is C25H14BrCl3N2O5S. The molecule has 2 N–H and O–H groups in total. The minimum Gasteiger partial charge on any atom is -0.486 e. The Bertz CT molecular complexity index is 1470. The SMILES string of the molecule is O=C1NC(=S)N(c2cccc(Cl)c2Cl)C(=O)/C1=C/c1cc(Cl)c(OCc2ccc(C(=O)O)cc2)c(Br)c1. The highest BCUT2D eigenvalue weighted by Gasteiger charge is 2.35. The Morgan fingerprint density at radius 1 is 1.08 bits per heavy atom. The summed E-state index contributed by atoms with van der Waals surface area (Å²) in [4.78, 5) is 38.0. The van der Waals surface area contributed by atoms with Gasteiger partial charge in [0.25, 0.3) is 11.8 Å². The van der Waals surface area contributed by atoms with Crippen molar-refractivity contribution in [3.63, 3.8) is 0 Å². The van der Waals surface area contributed by atoms with E-state index < -0.39 is 17.8 Å². The van der Waals surface area contributed by atoms with E-state index in [1.807, 2.05) is 0 Å². The number of anilines is 1. The van der Waals surface area contributed by atoms with Crippen molar-refractivity contribution in [1.82, 2.24) is 5.32 Å². The van der Waals surface area contributed by atoms with Crippen molar-refractivity contribution >= 4 is 97.6 Å². The highest BCUT2D eigenvalue weighted by Crippen LogP contribution is 2.37. The van der Waals surface area contributed by atoms with Crippen molar-refractivity contribution in [2.75, 3.05) is 4.90 Å². The summed E-state index contributed by atoms with van der Waals surface area (Å²) in [5, 5.41) is 11.9. The predicted octanol–water partition coefficient (Wildman–Crippen LogP) is 6.52. The summed E-state index contributed by atoms with van der Waals surface area (Å²) in [7, 11) is 0. The number of carboxylic acids is 1. The summed E-state index contributed by atoms with van der Waals surface area (Å²) in [5.74, 6) is -2.05. The van der Waals surface area contributed by atoms with Crippen LogP contribution in [0.5, 0.6) is 5.75 Å². The molecule has 7 nitrogen and oxygen atoms in total. The van der Waals surface area contributed by atoms with Crippen LogP contribution in [0.2, 0.25) is 15.1 Å². The Labute approximate surface area is 239 Å². The van der Waals surface area contributed by atoms with Crippen LogP contribution in [0.4, 0.5) is 5.69 Å². The average molecular weight is 641 g/mol. The molecule has 0 radical (unpaired) electrons. The summed E-state index contributed by atoms with van der Waals surface area (Å²) < 4.78 is 6.28. The number of carboxylic acid groups (broad SMARTS) is 1. The van der Waals surface area contributed by atoms with E-state index in [2.05, 4.69) is 21.2 Å². The molecule has 3 aromatic rings. The monoisotopic (exact) mass is 638 g/mol. The summed E-state index contributed by atoms with van der Waals surface area (Å²) in [6.45, 7) is 0.131. The predicted molar refractivity (Wildman–Crippen MR) is 150 cm³/mol. The Balaban J connectivity index is 1.59. The van der Waals surface area contributed by atoms with Gasteiger partial charge in [0.1, 0.15) is 12.2 Å². The second-order valence-corrected chi connectivity index (χ2v) is 10.1. The lowest BCUT2D eigenvalue weighted by molar-refractivity contribution is -0.122. The van der Waals surface area contributed by atoms with E-state index in [1.165, 1.54) is 24.3 Å². The molecule has 1 aliphatic rings. The Kier molecular flexibility index (Phi) is 8.20. The van der Waals surface area contributed by atoms with Gasteiger partial charge in [-0.1, -0.05) is 53.0 Å². The van der Waals surface area contributed by atoms with Crippen LogP contribution in [0.25, 0.3) is 6.08 Å². The van der Waals surface area contributed by atoms with E-state index in [0.717, 1.165) is 10.5 Å². The Hall–Kier alpha value is -2.95. The van der Waals surface area contributed by atoms with Gasteiger partial charge >= 0.3 is 5.97 Å². The third-order valence-electron chi connectivity index (χ3n) is 5.19. The molecule has 0 spiro atoms. The largest absolute Gasteiger partial charge is 0.486 e. The molecule has 188 valence electrons. The zero-order valence-electron chi connectivity index (χ0n) is 18.4. The van der Waals surface area contributed by atoms with Crippen molar-refractivity contribution in [2.24, 2.45) is 0 Å². The molecule has 3 aromatic carbocycles. The summed E-state index contributed by atoms with van der Waals surface area (Å²) in [6, 6.07) is 14.1. The number of ether oxygens (including phenoxy) is 1. The molecule has 1 heterocycles. The molecule has 2 amide bonds. The fourth-order valence-corrected chi connectivity index (χ4v) is 5.05. The lowest BCUT2D eigenvalue weighted by Gasteiger charge is -2.29. The van der Waals surface area contributed by atoms with E-state index in [1.54, 1.807) is 36.4 Å². The van der Waals surface area contributed by atoms with Gasteiger partial charge in [-0.25, -0.2) is 4.79 Å². The second kappa shape index (κ2) is 11.2. The molecule has 0 unspecified atom stereocenters. The number of hydrogen-bond donors (Lipinski definition) is 2. The normalized spacial score (nSPS) is 14.6. The first kappa shape index (κ1) is 27.1. The molecule has 0 aromatic heterocycles. The first-order valence-electron chi connectivity index (χ1n) is 10.4. The van der Waals surface area contributed by atoms with E-state index >= 15 is 0 Å². The fourth-order valence-electron chi connectivity index (χ4n) is 3.41. The molecule has 0 saturated carbocycles. The van der Waals surface area contributed by atoms with E-state index in [9.17, 15) is 14.4 Å². The molecule has 0 atom stereocenters. The zero-order chi connectivity index (χ0) is 26.9. The number of carbonyl (C=O) groups is 3. The summed E-state index contributed by atoms with van der Waals surface area (Å²) in [5.41, 5.74) is 1.38. The second-order valence-electron chi connectivity index (χ2n) is 7.64. The maximum Gasteiger partial charge on any atom is 0.335 e. The van der Waals surface area contributed by atoms with Crippen LogP contribution < -0.4 is 15.0 Å². The molecule has 1 saturated heterocycles. The van der Waals surface area contributed by atoms with Crippen LogP contribution in [0, 0.1) is 0 Å². The number of nitrogens with zero attached hydrogens (tertiary/aromatic N) is 1. The van der Waals surface area contributed by atoms with E-state index in [4.69, 9.17) is 56.9 Å². The first-order chi connectivity index (χ1) is 17.6. The molecular weight excluding hydrogens is 627 g/mol. The number of rotatable bonds is 6. The van der Waals surface area contributed by atoms with Gasteiger partial charge in [0.15, 0.2) is 10.9 Å². The van der Waals surface area contributed by atoms with Gasteiger partial charge in [-0.3, -0.25) is 19.8 Å². The highest BCUT2D eigenvalue weighted by molar-refractivity contribution is 9.10. The first-order valence-corrected chi connectivity index (χ1v) is 12.7. The molecule has 37 heavy (non-hydrogen) atoms. The van der Waals surface area contributed by atoms with E-state index in [-0.39, 0.29) is 43.6 Å². The van der Waals surface area contributed by atoms with Gasteiger partial charge in [-0.05, 0) is 81.7 Å². The molecule has 0 bridgehead atoms. The number of carbonyl (C=O) groups excluding carboxylic acids is 2. The number of hydrogen-bond acceptors (Lipinski definition) is 5. The minimum atomic E-state index is -1.02. The summed E-state index contributed by atoms with van der Waals surface area (Å²) in [6.07, 6.45) is 1.37. The number of halogens is 4. The molecule has 12 heteroatoms. The maximum atomic E-state index is 13.3. The smallest absolute Gasteiger partial charge is 0.335 e. The van der Waals surface area contributed by atoms with Gasteiger partial charge in [0, 0.05) is 0 Å². The minimum absolute atomic E-state index is 0.111. The van der Waals surface area contributed by atoms with Crippen molar-refractivity contribution in [1.29, 1.82) is 0 Å².